The maximum absolute atomic E-state index is 12.3. The molecule has 3 rings (SSSR count). The first-order chi connectivity index (χ1) is 11.7. The van der Waals surface area contributed by atoms with E-state index in [0.717, 1.165) is 22.6 Å². The molecule has 0 saturated carbocycles. The molecule has 0 bridgehead atoms. The summed E-state index contributed by atoms with van der Waals surface area (Å²) < 4.78 is 6.99. The monoisotopic (exact) mass is 321 g/mol. The highest BCUT2D eigenvalue weighted by Crippen LogP contribution is 2.18. The molecular formula is C19H19N3O2. The molecule has 1 amide bonds. The van der Waals surface area contributed by atoms with Gasteiger partial charge in [-0.1, -0.05) is 12.1 Å². The van der Waals surface area contributed by atoms with Crippen molar-refractivity contribution in [3.8, 4) is 11.4 Å². The Balaban J connectivity index is 1.63. The average molecular weight is 321 g/mol. The third kappa shape index (κ3) is 3.46. The minimum absolute atomic E-state index is 0.101. The molecule has 0 aliphatic rings. The molecule has 1 aromatic heterocycles. The molecule has 0 aliphatic carbocycles. The third-order valence-electron chi connectivity index (χ3n) is 3.81. The first-order valence-electron chi connectivity index (χ1n) is 7.69. The summed E-state index contributed by atoms with van der Waals surface area (Å²) in [7, 11) is 1.65. The molecule has 0 radical (unpaired) electrons. The van der Waals surface area contributed by atoms with E-state index < -0.39 is 0 Å². The largest absolute Gasteiger partial charge is 0.496 e. The lowest BCUT2D eigenvalue weighted by Crippen LogP contribution is -2.22. The van der Waals surface area contributed by atoms with Crippen molar-refractivity contribution >= 4 is 5.91 Å². The predicted octanol–water partition coefficient (Wildman–Crippen LogP) is 3.12. The number of nitrogens with one attached hydrogen (secondary N) is 1. The Morgan fingerprint density at radius 2 is 2.00 bits per heavy atom. The van der Waals surface area contributed by atoms with Crippen molar-refractivity contribution in [1.82, 2.24) is 15.1 Å². The van der Waals surface area contributed by atoms with E-state index in [9.17, 15) is 4.79 Å². The van der Waals surface area contributed by atoms with Gasteiger partial charge < -0.3 is 10.1 Å². The van der Waals surface area contributed by atoms with Gasteiger partial charge >= 0.3 is 0 Å². The Morgan fingerprint density at radius 3 is 2.62 bits per heavy atom. The highest BCUT2D eigenvalue weighted by molar-refractivity contribution is 5.94. The van der Waals surface area contributed by atoms with Crippen molar-refractivity contribution < 1.29 is 9.53 Å². The number of aryl methyl sites for hydroxylation is 1. The van der Waals surface area contributed by atoms with Crippen molar-refractivity contribution in [1.29, 1.82) is 0 Å². The molecular weight excluding hydrogens is 302 g/mol. The van der Waals surface area contributed by atoms with Gasteiger partial charge in [-0.15, -0.1) is 0 Å². The lowest BCUT2D eigenvalue weighted by atomic mass is 10.1. The fraction of sp³-hybridized carbons (Fsp3) is 0.158. The van der Waals surface area contributed by atoms with Crippen molar-refractivity contribution in [2.75, 3.05) is 7.11 Å². The van der Waals surface area contributed by atoms with E-state index in [-0.39, 0.29) is 5.91 Å². The Hall–Kier alpha value is -3.08. The second-order valence-corrected chi connectivity index (χ2v) is 5.48. The molecule has 0 fully saturated rings. The predicted molar refractivity (Wildman–Crippen MR) is 92.5 cm³/mol. The van der Waals surface area contributed by atoms with Crippen LogP contribution in [0.25, 0.3) is 5.69 Å². The number of ether oxygens (including phenoxy) is 1. The number of rotatable bonds is 5. The maximum atomic E-state index is 12.3. The topological polar surface area (TPSA) is 56.1 Å². The van der Waals surface area contributed by atoms with Crippen molar-refractivity contribution in [2.24, 2.45) is 0 Å². The van der Waals surface area contributed by atoms with Gasteiger partial charge in [0.05, 0.1) is 12.8 Å². The molecule has 2 aromatic carbocycles. The van der Waals surface area contributed by atoms with E-state index >= 15 is 0 Å². The second-order valence-electron chi connectivity index (χ2n) is 5.48. The number of amides is 1. The van der Waals surface area contributed by atoms with Gasteiger partial charge in [-0.05, 0) is 54.4 Å². The third-order valence-corrected chi connectivity index (χ3v) is 3.81. The minimum Gasteiger partial charge on any atom is -0.496 e. The molecule has 5 heteroatoms. The van der Waals surface area contributed by atoms with Gasteiger partial charge in [0.1, 0.15) is 5.75 Å². The molecule has 0 spiro atoms. The van der Waals surface area contributed by atoms with Crippen LogP contribution in [0.2, 0.25) is 0 Å². The van der Waals surface area contributed by atoms with Crippen molar-refractivity contribution in [3.05, 3.63) is 77.6 Å². The molecule has 1 N–H and O–H groups in total. The Kier molecular flexibility index (Phi) is 4.61. The quantitative estimate of drug-likeness (QED) is 0.785. The molecule has 5 nitrogen and oxygen atoms in total. The summed E-state index contributed by atoms with van der Waals surface area (Å²) in [6.45, 7) is 2.46. The highest BCUT2D eigenvalue weighted by Gasteiger charge is 2.07. The summed E-state index contributed by atoms with van der Waals surface area (Å²) in [6, 6.07) is 15.1. The number of carbonyl (C=O) groups is 1. The molecule has 0 atom stereocenters. The first kappa shape index (κ1) is 15.8. The van der Waals surface area contributed by atoms with Gasteiger partial charge in [0.25, 0.3) is 5.91 Å². The number of nitrogens with zero attached hydrogens (tertiary/aromatic N) is 2. The van der Waals surface area contributed by atoms with Crippen LogP contribution < -0.4 is 10.1 Å². The van der Waals surface area contributed by atoms with Crippen LogP contribution in [-0.2, 0) is 6.54 Å². The van der Waals surface area contributed by atoms with Gasteiger partial charge in [-0.3, -0.25) is 4.79 Å². The van der Waals surface area contributed by atoms with E-state index in [1.807, 2.05) is 49.5 Å². The zero-order valence-electron chi connectivity index (χ0n) is 13.7. The fourth-order valence-electron chi connectivity index (χ4n) is 2.52. The Bertz CT molecular complexity index is 824. The van der Waals surface area contributed by atoms with Gasteiger partial charge in [-0.2, -0.15) is 5.10 Å². The smallest absolute Gasteiger partial charge is 0.251 e. The van der Waals surface area contributed by atoms with Gasteiger partial charge in [0.15, 0.2) is 0 Å². The molecule has 0 aliphatic heterocycles. The lowest BCUT2D eigenvalue weighted by Gasteiger charge is -2.09. The molecule has 3 aromatic rings. The SMILES string of the molecule is COc1ccc(CNC(=O)c2ccc(-n3cccn3)cc2)cc1C. The maximum Gasteiger partial charge on any atom is 0.251 e. The van der Waals surface area contributed by atoms with E-state index in [1.165, 1.54) is 0 Å². The molecule has 0 unspecified atom stereocenters. The summed E-state index contributed by atoms with van der Waals surface area (Å²) in [6.07, 6.45) is 3.58. The number of hydrogen-bond acceptors (Lipinski definition) is 3. The van der Waals surface area contributed by atoms with Crippen molar-refractivity contribution in [3.63, 3.8) is 0 Å². The summed E-state index contributed by atoms with van der Waals surface area (Å²) in [5, 5.41) is 7.10. The van der Waals surface area contributed by atoms with E-state index in [2.05, 4.69) is 10.4 Å². The summed E-state index contributed by atoms with van der Waals surface area (Å²) in [5.41, 5.74) is 3.63. The van der Waals surface area contributed by atoms with Gasteiger partial charge in [0, 0.05) is 24.5 Å². The zero-order valence-corrected chi connectivity index (χ0v) is 13.7. The first-order valence-corrected chi connectivity index (χ1v) is 7.69. The summed E-state index contributed by atoms with van der Waals surface area (Å²) in [5.74, 6) is 0.745. The second kappa shape index (κ2) is 7.00. The van der Waals surface area contributed by atoms with Gasteiger partial charge in [0.2, 0.25) is 0 Å². The van der Waals surface area contributed by atoms with Crippen molar-refractivity contribution in [2.45, 2.75) is 13.5 Å². The van der Waals surface area contributed by atoms with Crippen LogP contribution in [0, 0.1) is 6.92 Å². The number of methoxy groups -OCH3 is 1. The minimum atomic E-state index is -0.101. The normalized spacial score (nSPS) is 10.4. The van der Waals surface area contributed by atoms with Crippen LogP contribution >= 0.6 is 0 Å². The lowest BCUT2D eigenvalue weighted by molar-refractivity contribution is 0.0951. The summed E-state index contributed by atoms with van der Waals surface area (Å²) in [4.78, 5) is 12.3. The van der Waals surface area contributed by atoms with E-state index in [4.69, 9.17) is 4.74 Å². The number of carbonyl (C=O) groups excluding carboxylic acids is 1. The number of aromatic nitrogens is 2. The number of hydrogen-bond donors (Lipinski definition) is 1. The standard InChI is InChI=1S/C19H19N3O2/c1-14-12-15(4-9-18(14)24-2)13-20-19(23)16-5-7-17(8-6-16)22-11-3-10-21-22/h3-12H,13H2,1-2H3,(H,20,23). The van der Waals surface area contributed by atoms with E-state index in [1.54, 1.807) is 30.1 Å². The zero-order chi connectivity index (χ0) is 16.9. The number of benzene rings is 2. The van der Waals surface area contributed by atoms with Crippen LogP contribution in [0.4, 0.5) is 0 Å². The Labute approximate surface area is 140 Å². The van der Waals surface area contributed by atoms with E-state index in [0.29, 0.717) is 12.1 Å². The van der Waals surface area contributed by atoms with Crippen LogP contribution in [0.5, 0.6) is 5.75 Å². The van der Waals surface area contributed by atoms with Crippen LogP contribution in [0.15, 0.2) is 60.9 Å². The molecule has 24 heavy (non-hydrogen) atoms. The Morgan fingerprint density at radius 1 is 1.21 bits per heavy atom. The fourth-order valence-corrected chi connectivity index (χ4v) is 2.52. The summed E-state index contributed by atoms with van der Waals surface area (Å²) >= 11 is 0. The van der Waals surface area contributed by atoms with Gasteiger partial charge in [-0.25, -0.2) is 4.68 Å². The highest BCUT2D eigenvalue weighted by atomic mass is 16.5. The average Bonchev–Trinajstić information content (AvgIpc) is 3.14. The van der Waals surface area contributed by atoms with Crippen LogP contribution in [0.3, 0.4) is 0 Å². The molecule has 122 valence electrons. The molecule has 0 saturated heterocycles. The van der Waals surface area contributed by atoms with Crippen LogP contribution in [-0.4, -0.2) is 22.8 Å². The van der Waals surface area contributed by atoms with Crippen LogP contribution in [0.1, 0.15) is 21.5 Å². The molecule has 1 heterocycles.